The summed E-state index contributed by atoms with van der Waals surface area (Å²) in [4.78, 5) is 12.6. The second-order valence-corrected chi connectivity index (χ2v) is 6.59. The van der Waals surface area contributed by atoms with Crippen molar-refractivity contribution in [3.63, 3.8) is 0 Å². The molecule has 1 heterocycles. The summed E-state index contributed by atoms with van der Waals surface area (Å²) >= 11 is 0. The fourth-order valence-corrected chi connectivity index (χ4v) is 3.78. The van der Waals surface area contributed by atoms with Crippen LogP contribution in [0.25, 0.3) is 0 Å². The lowest BCUT2D eigenvalue weighted by Crippen LogP contribution is -2.52. The van der Waals surface area contributed by atoms with E-state index in [9.17, 15) is 4.79 Å². The monoisotopic (exact) mass is 280 g/mol. The van der Waals surface area contributed by atoms with E-state index in [0.717, 1.165) is 38.8 Å². The lowest BCUT2D eigenvalue weighted by Gasteiger charge is -2.35. The van der Waals surface area contributed by atoms with Gasteiger partial charge in [-0.25, -0.2) is 0 Å². The van der Waals surface area contributed by atoms with Gasteiger partial charge in [0.15, 0.2) is 5.78 Å². The van der Waals surface area contributed by atoms with E-state index in [1.807, 2.05) is 0 Å². The molecule has 0 aromatic carbocycles. The fourth-order valence-electron chi connectivity index (χ4n) is 3.78. The molecule has 1 saturated heterocycles. The number of hydrogen-bond donors (Lipinski definition) is 2. The summed E-state index contributed by atoms with van der Waals surface area (Å²) in [6, 6.07) is 0.757. The second kappa shape index (κ2) is 8.78. The van der Waals surface area contributed by atoms with Gasteiger partial charge in [0.2, 0.25) is 0 Å². The summed E-state index contributed by atoms with van der Waals surface area (Å²) in [5.74, 6) is 0.879. The Kier molecular flexibility index (Phi) is 7.01. The van der Waals surface area contributed by atoms with Gasteiger partial charge in [0.25, 0.3) is 0 Å². The zero-order valence-electron chi connectivity index (χ0n) is 13.1. The van der Waals surface area contributed by atoms with Gasteiger partial charge in [-0.05, 0) is 45.2 Å². The van der Waals surface area contributed by atoms with Crippen LogP contribution in [0.5, 0.6) is 0 Å². The van der Waals surface area contributed by atoms with Crippen molar-refractivity contribution in [1.29, 1.82) is 0 Å². The summed E-state index contributed by atoms with van der Waals surface area (Å²) in [5, 5.41) is 7.01. The van der Waals surface area contributed by atoms with Crippen LogP contribution < -0.4 is 10.6 Å². The zero-order chi connectivity index (χ0) is 14.2. The van der Waals surface area contributed by atoms with Crippen LogP contribution >= 0.6 is 0 Å². The predicted octanol–water partition coefficient (Wildman–Crippen LogP) is 3.04. The summed E-state index contributed by atoms with van der Waals surface area (Å²) < 4.78 is 0. The van der Waals surface area contributed by atoms with Crippen molar-refractivity contribution >= 4 is 5.78 Å². The molecule has 0 aromatic heterocycles. The molecule has 0 aromatic rings. The van der Waals surface area contributed by atoms with Crippen molar-refractivity contribution < 1.29 is 4.79 Å². The Labute approximate surface area is 124 Å². The maximum atomic E-state index is 12.6. The average Bonchev–Trinajstić information content (AvgIpc) is 2.55. The number of fused-ring (bicyclic) bond motifs is 2. The van der Waals surface area contributed by atoms with Crippen molar-refractivity contribution in [2.75, 3.05) is 13.1 Å². The minimum atomic E-state index is 0.151. The van der Waals surface area contributed by atoms with Crippen molar-refractivity contribution in [2.24, 2.45) is 5.92 Å². The van der Waals surface area contributed by atoms with E-state index in [-0.39, 0.29) is 6.04 Å². The van der Waals surface area contributed by atoms with Gasteiger partial charge >= 0.3 is 0 Å². The lowest BCUT2D eigenvalue weighted by atomic mass is 9.81. The topological polar surface area (TPSA) is 41.1 Å². The maximum absolute atomic E-state index is 12.6. The molecule has 2 aliphatic rings. The molecule has 2 bridgehead atoms. The molecule has 2 N–H and O–H groups in total. The Bertz CT molecular complexity index is 293. The quantitative estimate of drug-likeness (QED) is 0.735. The lowest BCUT2D eigenvalue weighted by molar-refractivity contribution is -0.128. The molecule has 2 fully saturated rings. The maximum Gasteiger partial charge on any atom is 0.152 e. The van der Waals surface area contributed by atoms with Crippen LogP contribution in [0.15, 0.2) is 0 Å². The number of nitrogens with one attached hydrogen (secondary N) is 2. The van der Waals surface area contributed by atoms with Gasteiger partial charge in [-0.2, -0.15) is 0 Å². The Hall–Kier alpha value is -0.410. The molecular formula is C17H32N2O. The average molecular weight is 280 g/mol. The molecule has 2 rings (SSSR count). The Morgan fingerprint density at radius 3 is 2.75 bits per heavy atom. The van der Waals surface area contributed by atoms with E-state index in [2.05, 4.69) is 17.6 Å². The van der Waals surface area contributed by atoms with Gasteiger partial charge < -0.3 is 10.6 Å². The summed E-state index contributed by atoms with van der Waals surface area (Å²) in [5.41, 5.74) is 0. The van der Waals surface area contributed by atoms with E-state index in [1.165, 1.54) is 38.5 Å². The standard InChI is InChI=1S/C17H32N2O/c1-2-18-12-8-7-11-16-17(20)14-9-5-3-4-6-10-15(13-14)19-16/h14-16,18-19H,2-13H2,1H3. The molecule has 1 aliphatic carbocycles. The van der Waals surface area contributed by atoms with Crippen LogP contribution in [0.2, 0.25) is 0 Å². The first-order valence-electron chi connectivity index (χ1n) is 8.81. The van der Waals surface area contributed by atoms with Gasteiger partial charge in [0.05, 0.1) is 6.04 Å². The summed E-state index contributed by atoms with van der Waals surface area (Å²) in [6.07, 6.45) is 12.2. The van der Waals surface area contributed by atoms with Crippen LogP contribution in [0.3, 0.4) is 0 Å². The van der Waals surface area contributed by atoms with Gasteiger partial charge in [0.1, 0.15) is 0 Å². The Morgan fingerprint density at radius 2 is 1.95 bits per heavy atom. The van der Waals surface area contributed by atoms with Gasteiger partial charge in [-0.3, -0.25) is 4.79 Å². The van der Waals surface area contributed by atoms with E-state index in [0.29, 0.717) is 17.7 Å². The molecule has 20 heavy (non-hydrogen) atoms. The van der Waals surface area contributed by atoms with Gasteiger partial charge in [0, 0.05) is 12.0 Å². The van der Waals surface area contributed by atoms with Gasteiger partial charge in [-0.1, -0.05) is 39.0 Å². The molecule has 116 valence electrons. The minimum Gasteiger partial charge on any atom is -0.317 e. The third-order valence-corrected chi connectivity index (χ3v) is 4.95. The molecule has 3 atom stereocenters. The fraction of sp³-hybridized carbons (Fsp3) is 0.941. The highest BCUT2D eigenvalue weighted by molar-refractivity contribution is 5.87. The van der Waals surface area contributed by atoms with E-state index in [1.54, 1.807) is 0 Å². The highest BCUT2D eigenvalue weighted by atomic mass is 16.1. The first-order chi connectivity index (χ1) is 9.81. The molecule has 1 saturated carbocycles. The molecule has 1 aliphatic heterocycles. The number of piperidine rings is 1. The first-order valence-corrected chi connectivity index (χ1v) is 8.81. The molecule has 3 heteroatoms. The SMILES string of the molecule is CCNCCCCC1NC2CCCCCCC(C2)C1=O. The highest BCUT2D eigenvalue weighted by Crippen LogP contribution is 2.29. The third kappa shape index (κ3) is 4.85. The molecule has 0 amide bonds. The number of carbonyl (C=O) groups is 1. The molecule has 0 radical (unpaired) electrons. The van der Waals surface area contributed by atoms with E-state index >= 15 is 0 Å². The molecule has 3 nitrogen and oxygen atoms in total. The van der Waals surface area contributed by atoms with Crippen LogP contribution in [-0.2, 0) is 4.79 Å². The zero-order valence-corrected chi connectivity index (χ0v) is 13.1. The number of hydrogen-bond acceptors (Lipinski definition) is 3. The number of unbranched alkanes of at least 4 members (excludes halogenated alkanes) is 1. The van der Waals surface area contributed by atoms with E-state index in [4.69, 9.17) is 0 Å². The normalized spacial score (nSPS) is 31.4. The van der Waals surface area contributed by atoms with Crippen LogP contribution in [0.1, 0.15) is 71.1 Å². The van der Waals surface area contributed by atoms with Crippen molar-refractivity contribution in [3.05, 3.63) is 0 Å². The third-order valence-electron chi connectivity index (χ3n) is 4.95. The van der Waals surface area contributed by atoms with Crippen LogP contribution in [0.4, 0.5) is 0 Å². The first kappa shape index (κ1) is 16.0. The van der Waals surface area contributed by atoms with E-state index < -0.39 is 0 Å². The number of ketones is 1. The largest absolute Gasteiger partial charge is 0.317 e. The molecule has 0 spiro atoms. The number of rotatable bonds is 6. The smallest absolute Gasteiger partial charge is 0.152 e. The van der Waals surface area contributed by atoms with Crippen molar-refractivity contribution in [1.82, 2.24) is 10.6 Å². The number of carbonyl (C=O) groups excluding carboxylic acids is 1. The molecule has 3 unspecified atom stereocenters. The molecular weight excluding hydrogens is 248 g/mol. The predicted molar refractivity (Wildman–Crippen MR) is 83.9 cm³/mol. The Morgan fingerprint density at radius 1 is 1.15 bits per heavy atom. The summed E-state index contributed by atoms with van der Waals surface area (Å²) in [6.45, 7) is 4.28. The van der Waals surface area contributed by atoms with Crippen molar-refractivity contribution in [2.45, 2.75) is 83.2 Å². The van der Waals surface area contributed by atoms with Crippen LogP contribution in [0, 0.1) is 5.92 Å². The number of Topliss-reactive ketones (excluding diaryl/α,β-unsaturated/α-hetero) is 1. The van der Waals surface area contributed by atoms with Gasteiger partial charge in [-0.15, -0.1) is 0 Å². The Balaban J connectivity index is 1.80. The second-order valence-electron chi connectivity index (χ2n) is 6.59. The minimum absolute atomic E-state index is 0.151. The van der Waals surface area contributed by atoms with Crippen LogP contribution in [-0.4, -0.2) is 31.0 Å². The summed E-state index contributed by atoms with van der Waals surface area (Å²) in [7, 11) is 0. The van der Waals surface area contributed by atoms with Crippen molar-refractivity contribution in [3.8, 4) is 0 Å². The highest BCUT2D eigenvalue weighted by Gasteiger charge is 2.35.